The van der Waals surface area contributed by atoms with E-state index in [4.69, 9.17) is 0 Å². The Labute approximate surface area is 171 Å². The molecular weight excluding hydrogens is 368 g/mol. The van der Waals surface area contributed by atoms with Crippen molar-refractivity contribution in [2.24, 2.45) is 22.7 Å². The maximum absolute atomic E-state index is 13.3. The van der Waals surface area contributed by atoms with Gasteiger partial charge in [0.15, 0.2) is 0 Å². The molecule has 3 fully saturated rings. The highest BCUT2D eigenvalue weighted by atomic mass is 16.6. The molecule has 0 aromatic heterocycles. The van der Waals surface area contributed by atoms with E-state index in [1.807, 2.05) is 0 Å². The normalized spacial score (nSPS) is 35.5. The lowest BCUT2D eigenvalue weighted by Gasteiger charge is -2.55. The lowest BCUT2D eigenvalue weighted by molar-refractivity contribution is -0.385. The molecule has 2 aliphatic carbocycles. The van der Waals surface area contributed by atoms with Gasteiger partial charge in [-0.3, -0.25) is 19.7 Å². The van der Waals surface area contributed by atoms with E-state index in [-0.39, 0.29) is 45.1 Å². The number of piperidine rings is 1. The van der Waals surface area contributed by atoms with Crippen LogP contribution in [0.4, 0.5) is 5.69 Å². The van der Waals surface area contributed by atoms with Crippen molar-refractivity contribution in [3.05, 3.63) is 39.9 Å². The molecule has 1 aromatic carbocycles. The number of nitrogens with one attached hydrogen (secondary N) is 1. The second-order valence-electron chi connectivity index (χ2n) is 10.8. The van der Waals surface area contributed by atoms with Crippen molar-refractivity contribution < 1.29 is 14.5 Å². The number of nitrogens with zero attached hydrogens (tertiary/aromatic N) is 1. The number of rotatable bonds is 2. The van der Waals surface area contributed by atoms with E-state index in [9.17, 15) is 19.7 Å². The molecule has 6 heteroatoms. The highest BCUT2D eigenvalue weighted by Crippen LogP contribution is 2.53. The summed E-state index contributed by atoms with van der Waals surface area (Å²) in [5, 5.41) is 15.4. The first-order chi connectivity index (χ1) is 13.5. The van der Waals surface area contributed by atoms with E-state index in [1.54, 1.807) is 18.2 Å². The summed E-state index contributed by atoms with van der Waals surface area (Å²) in [6.07, 6.45) is 2.56. The monoisotopic (exact) mass is 398 g/mol. The van der Waals surface area contributed by atoms with Crippen molar-refractivity contribution in [1.29, 1.82) is 0 Å². The first-order valence-electron chi connectivity index (χ1n) is 10.5. The van der Waals surface area contributed by atoms with Crippen molar-refractivity contribution in [3.8, 4) is 0 Å². The van der Waals surface area contributed by atoms with Crippen molar-refractivity contribution in [3.63, 3.8) is 0 Å². The fourth-order valence-electron chi connectivity index (χ4n) is 6.26. The van der Waals surface area contributed by atoms with Gasteiger partial charge in [0.1, 0.15) is 11.6 Å². The van der Waals surface area contributed by atoms with Crippen LogP contribution in [-0.2, 0) is 9.59 Å². The van der Waals surface area contributed by atoms with Gasteiger partial charge in [-0.1, -0.05) is 45.9 Å². The van der Waals surface area contributed by atoms with Gasteiger partial charge in [0.25, 0.3) is 5.69 Å². The number of hydrogen-bond acceptors (Lipinski definition) is 5. The molecule has 4 atom stereocenters. The van der Waals surface area contributed by atoms with Gasteiger partial charge in [-0.15, -0.1) is 0 Å². The molecule has 156 valence electrons. The van der Waals surface area contributed by atoms with Crippen LogP contribution in [0.5, 0.6) is 0 Å². The molecule has 4 unspecified atom stereocenters. The Morgan fingerprint density at radius 2 is 1.38 bits per heavy atom. The Balaban J connectivity index is 1.86. The van der Waals surface area contributed by atoms with Crippen LogP contribution in [-0.4, -0.2) is 28.6 Å². The number of carbonyl (C=O) groups excluding carboxylic acids is 2. The van der Waals surface area contributed by atoms with Crippen LogP contribution in [0.15, 0.2) is 24.3 Å². The number of Topliss-reactive ketones (excluding diaryl/α,β-unsaturated/α-hetero) is 2. The largest absolute Gasteiger partial charge is 0.310 e. The topological polar surface area (TPSA) is 89.3 Å². The molecule has 0 bridgehead atoms. The van der Waals surface area contributed by atoms with Gasteiger partial charge >= 0.3 is 0 Å². The Morgan fingerprint density at radius 1 is 0.897 bits per heavy atom. The van der Waals surface area contributed by atoms with Crippen molar-refractivity contribution in [2.45, 2.75) is 71.4 Å². The maximum Gasteiger partial charge on any atom is 0.272 e. The van der Waals surface area contributed by atoms with Crippen LogP contribution in [0.2, 0.25) is 0 Å². The third-order valence-corrected chi connectivity index (χ3v) is 7.16. The lowest BCUT2D eigenvalue weighted by Crippen LogP contribution is -2.65. The van der Waals surface area contributed by atoms with Crippen LogP contribution in [0, 0.1) is 32.8 Å². The van der Waals surface area contributed by atoms with E-state index in [1.165, 1.54) is 6.07 Å². The van der Waals surface area contributed by atoms with E-state index < -0.39 is 17.8 Å². The number of para-hydroxylation sites is 1. The number of fused-ring (bicyclic) bond motifs is 2. The van der Waals surface area contributed by atoms with Crippen LogP contribution in [0.25, 0.3) is 0 Å². The number of nitro benzene ring substituents is 1. The molecule has 1 saturated heterocycles. The van der Waals surface area contributed by atoms with Crippen LogP contribution in [0.3, 0.4) is 0 Å². The van der Waals surface area contributed by atoms with E-state index in [0.717, 1.165) is 12.8 Å². The summed E-state index contributed by atoms with van der Waals surface area (Å²) >= 11 is 0. The molecule has 0 radical (unpaired) electrons. The van der Waals surface area contributed by atoms with Crippen molar-refractivity contribution in [2.75, 3.05) is 0 Å². The minimum Gasteiger partial charge on any atom is -0.310 e. The van der Waals surface area contributed by atoms with E-state index >= 15 is 0 Å². The Kier molecular flexibility index (Phi) is 4.69. The predicted molar refractivity (Wildman–Crippen MR) is 110 cm³/mol. The third kappa shape index (κ3) is 3.52. The molecular formula is C23H30N2O4. The lowest BCUT2D eigenvalue weighted by atomic mass is 9.54. The molecule has 3 aliphatic rings. The molecule has 4 rings (SSSR count). The van der Waals surface area contributed by atoms with Gasteiger partial charge in [0.2, 0.25) is 0 Å². The van der Waals surface area contributed by atoms with Gasteiger partial charge in [-0.25, -0.2) is 0 Å². The average molecular weight is 399 g/mol. The second kappa shape index (κ2) is 6.73. The average Bonchev–Trinajstić information content (AvgIpc) is 2.57. The first kappa shape index (κ1) is 20.2. The SMILES string of the molecule is CC1(C)CC(=O)C2C(C1)NC1CC(C)(C)CC(=O)C1C2c1ccccc1[N+](=O)[O-]. The summed E-state index contributed by atoms with van der Waals surface area (Å²) in [5.74, 6) is -0.970. The van der Waals surface area contributed by atoms with E-state index in [2.05, 4.69) is 33.0 Å². The summed E-state index contributed by atoms with van der Waals surface area (Å²) in [5.41, 5.74) is 0.344. The summed E-state index contributed by atoms with van der Waals surface area (Å²) in [6.45, 7) is 8.41. The highest BCUT2D eigenvalue weighted by molar-refractivity contribution is 5.89. The third-order valence-electron chi connectivity index (χ3n) is 7.16. The zero-order valence-electron chi connectivity index (χ0n) is 17.6. The standard InChI is InChI=1S/C23H30N2O4/c1-22(2)9-14-20(17(26)11-22)19(13-7-5-6-8-16(13)25(28)29)21-15(24-14)10-23(3,4)12-18(21)27/h5-8,14-15,19-21,24H,9-12H2,1-4H3. The Bertz CT molecular complexity index is 833. The zero-order chi connectivity index (χ0) is 21.1. The first-order valence-corrected chi connectivity index (χ1v) is 10.5. The van der Waals surface area contributed by atoms with Crippen LogP contribution < -0.4 is 5.32 Å². The zero-order valence-corrected chi connectivity index (χ0v) is 17.6. The second-order valence-corrected chi connectivity index (χ2v) is 10.8. The van der Waals surface area contributed by atoms with Crippen LogP contribution >= 0.6 is 0 Å². The van der Waals surface area contributed by atoms with Crippen molar-refractivity contribution >= 4 is 17.3 Å². The summed E-state index contributed by atoms with van der Waals surface area (Å²) in [6, 6.07) is 6.56. The van der Waals surface area contributed by atoms with E-state index in [0.29, 0.717) is 18.4 Å². The smallest absolute Gasteiger partial charge is 0.272 e. The van der Waals surface area contributed by atoms with Gasteiger partial charge in [-0.05, 0) is 23.7 Å². The molecule has 0 amide bonds. The van der Waals surface area contributed by atoms with Crippen LogP contribution in [0.1, 0.15) is 64.9 Å². The molecule has 1 aliphatic heterocycles. The Hall–Kier alpha value is -2.08. The summed E-state index contributed by atoms with van der Waals surface area (Å²) in [4.78, 5) is 38.0. The summed E-state index contributed by atoms with van der Waals surface area (Å²) < 4.78 is 0. The van der Waals surface area contributed by atoms with Crippen molar-refractivity contribution in [1.82, 2.24) is 5.32 Å². The fraction of sp³-hybridized carbons (Fsp3) is 0.652. The molecule has 29 heavy (non-hydrogen) atoms. The molecule has 0 spiro atoms. The summed E-state index contributed by atoms with van der Waals surface area (Å²) in [7, 11) is 0. The molecule has 1 aromatic rings. The molecule has 1 heterocycles. The molecule has 2 saturated carbocycles. The molecule has 1 N–H and O–H groups in total. The van der Waals surface area contributed by atoms with Gasteiger partial charge in [-0.2, -0.15) is 0 Å². The molecule has 6 nitrogen and oxygen atoms in total. The minimum atomic E-state index is -0.431. The predicted octanol–water partition coefficient (Wildman–Crippen LogP) is 4.03. The number of hydrogen-bond donors (Lipinski definition) is 1. The highest BCUT2D eigenvalue weighted by Gasteiger charge is 2.57. The number of benzene rings is 1. The number of ketones is 2. The minimum absolute atomic E-state index is 0.0205. The maximum atomic E-state index is 13.3. The number of nitro groups is 1. The number of carbonyl (C=O) groups is 2. The van der Waals surface area contributed by atoms with Gasteiger partial charge in [0.05, 0.1) is 4.92 Å². The van der Waals surface area contributed by atoms with Gasteiger partial charge < -0.3 is 5.32 Å². The fourth-order valence-corrected chi connectivity index (χ4v) is 6.26. The quantitative estimate of drug-likeness (QED) is 0.600. The van der Waals surface area contributed by atoms with Gasteiger partial charge in [0, 0.05) is 54.3 Å². The Morgan fingerprint density at radius 3 is 1.86 bits per heavy atom.